The monoisotopic (exact) mass is 300 g/mol. The molecule has 1 aromatic carbocycles. The Morgan fingerprint density at radius 2 is 2.06 bits per heavy atom. The second-order valence-corrected chi connectivity index (χ2v) is 6.93. The van der Waals surface area contributed by atoms with Crippen molar-refractivity contribution in [2.24, 2.45) is 0 Å². The summed E-state index contributed by atoms with van der Waals surface area (Å²) in [4.78, 5) is 11.8. The van der Waals surface area contributed by atoms with Gasteiger partial charge >= 0.3 is 5.97 Å². The van der Waals surface area contributed by atoms with E-state index >= 15 is 0 Å². The van der Waals surface area contributed by atoms with Crippen LogP contribution in [-0.2, 0) is 9.53 Å². The first-order chi connectivity index (χ1) is 8.69. The van der Waals surface area contributed by atoms with Crippen molar-refractivity contribution in [1.29, 1.82) is 0 Å². The molecule has 0 radical (unpaired) electrons. The average Bonchev–Trinajstić information content (AvgIpc) is 2.42. The van der Waals surface area contributed by atoms with Gasteiger partial charge in [0.25, 0.3) is 0 Å². The summed E-state index contributed by atoms with van der Waals surface area (Å²) in [6.45, 7) is 2.11. The lowest BCUT2D eigenvalue weighted by Crippen LogP contribution is -2.12. The highest BCUT2D eigenvalue weighted by molar-refractivity contribution is 8.47. The number of hydrogen-bond acceptors (Lipinski definition) is 5. The van der Waals surface area contributed by atoms with Crippen LogP contribution in [0.3, 0.4) is 0 Å². The number of ether oxygens (including phenoxy) is 1. The molecule has 0 saturated heterocycles. The number of thiocarbonyl (C=S) groups is 1. The highest BCUT2D eigenvalue weighted by Crippen LogP contribution is 2.34. The molecule has 18 heavy (non-hydrogen) atoms. The van der Waals surface area contributed by atoms with Crippen LogP contribution in [0, 0.1) is 0 Å². The minimum Gasteiger partial charge on any atom is -0.468 e. The van der Waals surface area contributed by atoms with Crippen molar-refractivity contribution in [3.63, 3.8) is 0 Å². The second-order valence-electron chi connectivity index (χ2n) is 3.53. The van der Waals surface area contributed by atoms with Gasteiger partial charge in [0.2, 0.25) is 0 Å². The Bertz CT molecular complexity index is 392. The van der Waals surface area contributed by atoms with E-state index in [0.29, 0.717) is 0 Å². The molecular formula is C13H16O2S3. The van der Waals surface area contributed by atoms with Gasteiger partial charge in [0.1, 0.15) is 8.78 Å². The quantitative estimate of drug-likeness (QED) is 0.603. The molecule has 0 aliphatic carbocycles. The lowest BCUT2D eigenvalue weighted by molar-refractivity contribution is -0.140. The third-order valence-corrected chi connectivity index (χ3v) is 5.18. The van der Waals surface area contributed by atoms with Gasteiger partial charge in [-0.3, -0.25) is 4.79 Å². The summed E-state index contributed by atoms with van der Waals surface area (Å²) in [7, 11) is 1.40. The van der Waals surface area contributed by atoms with Crippen LogP contribution >= 0.6 is 35.7 Å². The SMILES string of the molecule is CCCSC(=S)SC(C(=O)OC)c1ccccc1. The number of thioether (sulfide) groups is 2. The Morgan fingerprint density at radius 3 is 2.61 bits per heavy atom. The summed E-state index contributed by atoms with van der Waals surface area (Å²) < 4.78 is 5.63. The molecule has 0 fully saturated rings. The van der Waals surface area contributed by atoms with Gasteiger partial charge in [-0.15, -0.1) is 11.8 Å². The first kappa shape index (κ1) is 15.5. The van der Waals surface area contributed by atoms with Gasteiger partial charge < -0.3 is 4.74 Å². The fourth-order valence-electron chi connectivity index (χ4n) is 1.30. The van der Waals surface area contributed by atoms with Crippen LogP contribution in [0.1, 0.15) is 24.2 Å². The van der Waals surface area contributed by atoms with Crippen molar-refractivity contribution in [2.75, 3.05) is 12.9 Å². The first-order valence-corrected chi connectivity index (χ1v) is 7.92. The topological polar surface area (TPSA) is 26.3 Å². The summed E-state index contributed by atoms with van der Waals surface area (Å²) in [5.41, 5.74) is 0.925. The zero-order valence-electron chi connectivity index (χ0n) is 10.4. The second kappa shape index (κ2) is 8.56. The zero-order valence-corrected chi connectivity index (χ0v) is 12.9. The molecule has 0 spiro atoms. The maximum Gasteiger partial charge on any atom is 0.323 e. The number of rotatable bonds is 5. The van der Waals surface area contributed by atoms with E-state index in [1.807, 2.05) is 30.3 Å². The van der Waals surface area contributed by atoms with E-state index in [2.05, 4.69) is 6.92 Å². The van der Waals surface area contributed by atoms with Gasteiger partial charge in [-0.25, -0.2) is 0 Å². The fraction of sp³-hybridized carbons (Fsp3) is 0.385. The van der Waals surface area contributed by atoms with Crippen LogP contribution in [0.25, 0.3) is 0 Å². The highest BCUT2D eigenvalue weighted by atomic mass is 32.2. The predicted octanol–water partition coefficient (Wildman–Crippen LogP) is 4.06. The molecule has 0 N–H and O–H groups in total. The smallest absolute Gasteiger partial charge is 0.323 e. The van der Waals surface area contributed by atoms with Gasteiger partial charge in [-0.2, -0.15) is 0 Å². The molecule has 1 rings (SSSR count). The van der Waals surface area contributed by atoms with Crippen LogP contribution in [0.5, 0.6) is 0 Å². The van der Waals surface area contributed by atoms with Gasteiger partial charge in [0, 0.05) is 0 Å². The van der Waals surface area contributed by atoms with Crippen LogP contribution in [-0.4, -0.2) is 22.4 Å². The van der Waals surface area contributed by atoms with Crippen molar-refractivity contribution >= 4 is 45.2 Å². The molecule has 1 unspecified atom stereocenters. The van der Waals surface area contributed by atoms with Crippen LogP contribution < -0.4 is 0 Å². The predicted molar refractivity (Wildman–Crippen MR) is 84.1 cm³/mol. The van der Waals surface area contributed by atoms with E-state index in [0.717, 1.165) is 21.3 Å². The number of benzene rings is 1. The van der Waals surface area contributed by atoms with Crippen LogP contribution in [0.2, 0.25) is 0 Å². The molecule has 1 atom stereocenters. The summed E-state index contributed by atoms with van der Waals surface area (Å²) >= 11 is 8.29. The molecular weight excluding hydrogens is 284 g/mol. The van der Waals surface area contributed by atoms with Crippen molar-refractivity contribution in [3.8, 4) is 0 Å². The molecule has 0 amide bonds. The standard InChI is InChI=1S/C13H16O2S3/c1-3-9-17-13(16)18-11(12(14)15-2)10-7-5-4-6-8-10/h4-8,11H,3,9H2,1-2H3. The third kappa shape index (κ3) is 5.00. The van der Waals surface area contributed by atoms with E-state index in [1.54, 1.807) is 11.8 Å². The summed E-state index contributed by atoms with van der Waals surface area (Å²) in [6.07, 6.45) is 1.07. The molecule has 0 aliphatic rings. The van der Waals surface area contributed by atoms with Crippen molar-refractivity contribution < 1.29 is 9.53 Å². The Labute approximate surface area is 122 Å². The number of hydrogen-bond donors (Lipinski definition) is 0. The maximum absolute atomic E-state index is 11.8. The van der Waals surface area contributed by atoms with Gasteiger partial charge in [0.05, 0.1) is 7.11 Å². The molecule has 0 aliphatic heterocycles. The van der Waals surface area contributed by atoms with Crippen molar-refractivity contribution in [2.45, 2.75) is 18.6 Å². The molecule has 1 aromatic rings. The van der Waals surface area contributed by atoms with Crippen LogP contribution in [0.4, 0.5) is 0 Å². The van der Waals surface area contributed by atoms with E-state index in [4.69, 9.17) is 17.0 Å². The molecule has 2 nitrogen and oxygen atoms in total. The number of carbonyl (C=O) groups excluding carboxylic acids is 1. The molecule has 5 heteroatoms. The largest absolute Gasteiger partial charge is 0.468 e. The van der Waals surface area contributed by atoms with Crippen molar-refractivity contribution in [1.82, 2.24) is 0 Å². The fourth-order valence-corrected chi connectivity index (χ4v) is 3.70. The highest BCUT2D eigenvalue weighted by Gasteiger charge is 2.23. The summed E-state index contributed by atoms with van der Waals surface area (Å²) in [6, 6.07) is 9.58. The average molecular weight is 300 g/mol. The first-order valence-electron chi connectivity index (χ1n) is 5.65. The van der Waals surface area contributed by atoms with E-state index in [9.17, 15) is 4.79 Å². The minimum absolute atomic E-state index is 0.259. The number of carbonyl (C=O) groups is 1. The molecule has 0 bridgehead atoms. The Hall–Kier alpha value is -0.520. The van der Waals surface area contributed by atoms with E-state index < -0.39 is 0 Å². The number of methoxy groups -OCH3 is 1. The summed E-state index contributed by atoms with van der Waals surface area (Å²) in [5.74, 6) is 0.722. The third-order valence-electron chi connectivity index (χ3n) is 2.16. The van der Waals surface area contributed by atoms with Gasteiger partial charge in [-0.1, -0.05) is 61.2 Å². The van der Waals surface area contributed by atoms with E-state index in [-0.39, 0.29) is 11.2 Å². The lowest BCUT2D eigenvalue weighted by atomic mass is 10.1. The normalized spacial score (nSPS) is 11.9. The molecule has 98 valence electrons. The van der Waals surface area contributed by atoms with Crippen molar-refractivity contribution in [3.05, 3.63) is 35.9 Å². The molecule has 0 aromatic heterocycles. The Morgan fingerprint density at radius 1 is 1.39 bits per heavy atom. The van der Waals surface area contributed by atoms with Gasteiger partial charge in [-0.05, 0) is 17.7 Å². The Kier molecular flexibility index (Phi) is 7.39. The zero-order chi connectivity index (χ0) is 13.4. The van der Waals surface area contributed by atoms with Crippen LogP contribution in [0.15, 0.2) is 30.3 Å². The summed E-state index contributed by atoms with van der Waals surface area (Å²) in [5, 5.41) is -0.368. The van der Waals surface area contributed by atoms with E-state index in [1.165, 1.54) is 18.9 Å². The Balaban J connectivity index is 2.74. The molecule has 0 heterocycles. The molecule has 0 saturated carbocycles. The lowest BCUT2D eigenvalue weighted by Gasteiger charge is -2.14. The number of esters is 1. The maximum atomic E-state index is 11.8. The van der Waals surface area contributed by atoms with Gasteiger partial charge in [0.15, 0.2) is 0 Å². The minimum atomic E-state index is -0.368.